The first kappa shape index (κ1) is 18.7. The van der Waals surface area contributed by atoms with Crippen molar-refractivity contribution >= 4 is 39.0 Å². The van der Waals surface area contributed by atoms with Crippen molar-refractivity contribution in [1.82, 2.24) is 10.2 Å². The highest BCUT2D eigenvalue weighted by molar-refractivity contribution is 7.19. The molecule has 0 atom stereocenters. The van der Waals surface area contributed by atoms with Crippen molar-refractivity contribution in [3.05, 3.63) is 54.6 Å². The van der Waals surface area contributed by atoms with Crippen LogP contribution in [0.5, 0.6) is 5.75 Å². The summed E-state index contributed by atoms with van der Waals surface area (Å²) in [6.07, 6.45) is 0. The lowest BCUT2D eigenvalue weighted by Gasteiger charge is -2.18. The second-order valence-corrected chi connectivity index (χ2v) is 6.46. The Bertz CT molecular complexity index is 867. The third-order valence-electron chi connectivity index (χ3n) is 3.67. The Hall–Kier alpha value is -3.13. The van der Waals surface area contributed by atoms with E-state index in [1.807, 2.05) is 49.1 Å². The van der Waals surface area contributed by atoms with Crippen molar-refractivity contribution in [2.75, 3.05) is 28.7 Å². The lowest BCUT2D eigenvalue weighted by molar-refractivity contribution is 0.262. The maximum Gasteiger partial charge on any atom is 0.325 e. The standard InChI is InChI=1S/C19H21N5O2S/c1-3-24(15-8-6-5-7-9-15)19-23-22-18(27-19)21-17(25)20-14-10-12-16(13-11-14)26-4-2/h5-13H,3-4H2,1-2H3,(H2,20,21,22,25). The minimum absolute atomic E-state index is 0.371. The Morgan fingerprint density at radius 1 is 1.04 bits per heavy atom. The number of amides is 2. The van der Waals surface area contributed by atoms with Gasteiger partial charge >= 0.3 is 6.03 Å². The van der Waals surface area contributed by atoms with Crippen molar-refractivity contribution in [1.29, 1.82) is 0 Å². The zero-order valence-electron chi connectivity index (χ0n) is 15.2. The molecular weight excluding hydrogens is 362 g/mol. The highest BCUT2D eigenvalue weighted by atomic mass is 32.1. The molecule has 1 aromatic heterocycles. The van der Waals surface area contributed by atoms with Crippen LogP contribution in [0.3, 0.4) is 0 Å². The molecule has 3 rings (SSSR count). The molecule has 0 aliphatic carbocycles. The first-order valence-electron chi connectivity index (χ1n) is 8.66. The van der Waals surface area contributed by atoms with Gasteiger partial charge in [-0.3, -0.25) is 5.32 Å². The minimum Gasteiger partial charge on any atom is -0.494 e. The van der Waals surface area contributed by atoms with E-state index in [0.717, 1.165) is 23.1 Å². The number of aromatic nitrogens is 2. The largest absolute Gasteiger partial charge is 0.494 e. The molecule has 1 heterocycles. The van der Waals surface area contributed by atoms with Crippen LogP contribution in [0.1, 0.15) is 13.8 Å². The number of ether oxygens (including phenoxy) is 1. The van der Waals surface area contributed by atoms with Crippen LogP contribution < -0.4 is 20.3 Å². The van der Waals surface area contributed by atoms with Crippen molar-refractivity contribution in [2.24, 2.45) is 0 Å². The van der Waals surface area contributed by atoms with E-state index in [4.69, 9.17) is 4.74 Å². The number of para-hydroxylation sites is 1. The number of carbonyl (C=O) groups is 1. The number of hydrogen-bond acceptors (Lipinski definition) is 6. The Morgan fingerprint density at radius 3 is 2.44 bits per heavy atom. The smallest absolute Gasteiger partial charge is 0.325 e. The molecule has 0 fully saturated rings. The number of hydrogen-bond donors (Lipinski definition) is 2. The quantitative estimate of drug-likeness (QED) is 0.616. The van der Waals surface area contributed by atoms with E-state index in [1.54, 1.807) is 24.3 Å². The summed E-state index contributed by atoms with van der Waals surface area (Å²) < 4.78 is 5.38. The number of benzene rings is 2. The molecule has 2 N–H and O–H groups in total. The summed E-state index contributed by atoms with van der Waals surface area (Å²) in [6, 6.07) is 16.7. The summed E-state index contributed by atoms with van der Waals surface area (Å²) in [7, 11) is 0. The molecule has 0 saturated heterocycles. The topological polar surface area (TPSA) is 79.4 Å². The van der Waals surface area contributed by atoms with Crippen molar-refractivity contribution in [3.63, 3.8) is 0 Å². The Morgan fingerprint density at radius 2 is 1.78 bits per heavy atom. The fourth-order valence-electron chi connectivity index (χ4n) is 2.47. The number of urea groups is 1. The van der Waals surface area contributed by atoms with Gasteiger partial charge in [-0.05, 0) is 50.2 Å². The summed E-state index contributed by atoms with van der Waals surface area (Å²) >= 11 is 1.32. The minimum atomic E-state index is -0.371. The molecule has 0 spiro atoms. The van der Waals surface area contributed by atoms with Gasteiger partial charge in [-0.1, -0.05) is 29.5 Å². The molecule has 0 saturated carbocycles. The number of rotatable bonds is 7. The zero-order valence-corrected chi connectivity index (χ0v) is 16.0. The molecule has 0 aliphatic heterocycles. The molecule has 27 heavy (non-hydrogen) atoms. The molecule has 7 nitrogen and oxygen atoms in total. The van der Waals surface area contributed by atoms with Crippen LogP contribution in [-0.2, 0) is 0 Å². The van der Waals surface area contributed by atoms with E-state index in [9.17, 15) is 4.79 Å². The van der Waals surface area contributed by atoms with Gasteiger partial charge in [-0.15, -0.1) is 10.2 Å². The molecule has 0 unspecified atom stereocenters. The lowest BCUT2D eigenvalue weighted by Crippen LogP contribution is -2.19. The summed E-state index contributed by atoms with van der Waals surface area (Å²) in [6.45, 7) is 5.31. The predicted octanol–water partition coefficient (Wildman–Crippen LogP) is 4.74. The fraction of sp³-hybridized carbons (Fsp3) is 0.211. The monoisotopic (exact) mass is 383 g/mol. The highest BCUT2D eigenvalue weighted by Gasteiger charge is 2.14. The third kappa shape index (κ3) is 4.95. The number of carbonyl (C=O) groups excluding carboxylic acids is 1. The highest BCUT2D eigenvalue weighted by Crippen LogP contribution is 2.30. The second kappa shape index (κ2) is 9.00. The molecule has 0 bridgehead atoms. The number of nitrogens with one attached hydrogen (secondary N) is 2. The van der Waals surface area contributed by atoms with Gasteiger partial charge in [0.1, 0.15) is 5.75 Å². The van der Waals surface area contributed by atoms with Gasteiger partial charge in [0.25, 0.3) is 0 Å². The average molecular weight is 383 g/mol. The van der Waals surface area contributed by atoms with E-state index in [2.05, 4.69) is 20.8 Å². The zero-order chi connectivity index (χ0) is 19.1. The SMILES string of the molecule is CCOc1ccc(NC(=O)Nc2nnc(N(CC)c3ccccc3)s2)cc1. The average Bonchev–Trinajstić information content (AvgIpc) is 3.13. The van der Waals surface area contributed by atoms with Gasteiger partial charge < -0.3 is 15.0 Å². The van der Waals surface area contributed by atoms with E-state index < -0.39 is 0 Å². The van der Waals surface area contributed by atoms with E-state index in [0.29, 0.717) is 17.4 Å². The molecule has 8 heteroatoms. The first-order valence-corrected chi connectivity index (χ1v) is 9.48. The predicted molar refractivity (Wildman–Crippen MR) is 109 cm³/mol. The van der Waals surface area contributed by atoms with Crippen molar-refractivity contribution in [2.45, 2.75) is 13.8 Å². The van der Waals surface area contributed by atoms with Gasteiger partial charge in [0.2, 0.25) is 10.3 Å². The lowest BCUT2D eigenvalue weighted by atomic mass is 10.3. The Kier molecular flexibility index (Phi) is 6.22. The molecule has 140 valence electrons. The summed E-state index contributed by atoms with van der Waals surface area (Å²) in [5.74, 6) is 0.762. The molecule has 2 aromatic carbocycles. The third-order valence-corrected chi connectivity index (χ3v) is 4.53. The van der Waals surface area contributed by atoms with Crippen molar-refractivity contribution < 1.29 is 9.53 Å². The van der Waals surface area contributed by atoms with Crippen LogP contribution in [-0.4, -0.2) is 29.4 Å². The molecule has 0 aliphatic rings. The van der Waals surface area contributed by atoms with E-state index in [1.165, 1.54) is 11.3 Å². The molecule has 2 amide bonds. The van der Waals surface area contributed by atoms with Gasteiger partial charge in [-0.2, -0.15) is 0 Å². The van der Waals surface area contributed by atoms with Crippen LogP contribution in [0.25, 0.3) is 0 Å². The van der Waals surface area contributed by atoms with Gasteiger partial charge in [0, 0.05) is 17.9 Å². The second-order valence-electron chi connectivity index (χ2n) is 5.51. The van der Waals surface area contributed by atoms with Gasteiger partial charge in [0.15, 0.2) is 0 Å². The summed E-state index contributed by atoms with van der Waals surface area (Å²) in [5, 5.41) is 14.9. The molecule has 3 aromatic rings. The maximum atomic E-state index is 12.2. The number of anilines is 4. The first-order chi connectivity index (χ1) is 13.2. The van der Waals surface area contributed by atoms with Crippen LogP contribution in [0, 0.1) is 0 Å². The van der Waals surface area contributed by atoms with E-state index in [-0.39, 0.29) is 6.03 Å². The summed E-state index contributed by atoms with van der Waals surface area (Å²) in [4.78, 5) is 14.2. The van der Waals surface area contributed by atoms with Gasteiger partial charge in [-0.25, -0.2) is 4.79 Å². The molecular formula is C19H21N5O2S. The number of nitrogens with zero attached hydrogens (tertiary/aromatic N) is 3. The normalized spacial score (nSPS) is 10.3. The van der Waals surface area contributed by atoms with Crippen LogP contribution in [0.2, 0.25) is 0 Å². The molecule has 0 radical (unpaired) electrons. The van der Waals surface area contributed by atoms with E-state index >= 15 is 0 Å². The van der Waals surface area contributed by atoms with Crippen molar-refractivity contribution in [3.8, 4) is 5.75 Å². The van der Waals surface area contributed by atoms with Crippen LogP contribution in [0.4, 0.5) is 26.4 Å². The van der Waals surface area contributed by atoms with Crippen LogP contribution >= 0.6 is 11.3 Å². The fourth-order valence-corrected chi connectivity index (χ4v) is 3.30. The maximum absolute atomic E-state index is 12.2. The summed E-state index contributed by atoms with van der Waals surface area (Å²) in [5.41, 5.74) is 1.70. The Labute approximate surface area is 162 Å². The Balaban J connectivity index is 1.62. The van der Waals surface area contributed by atoms with Gasteiger partial charge in [0.05, 0.1) is 6.61 Å². The van der Waals surface area contributed by atoms with Crippen LogP contribution in [0.15, 0.2) is 54.6 Å².